The van der Waals surface area contributed by atoms with Crippen LogP contribution in [0.1, 0.15) is 27.5 Å². The van der Waals surface area contributed by atoms with Gasteiger partial charge in [-0.15, -0.1) is 0 Å². The van der Waals surface area contributed by atoms with E-state index < -0.39 is 5.97 Å². The first kappa shape index (κ1) is 16.6. The molecule has 0 spiro atoms. The average molecular weight is 333 g/mol. The highest BCUT2D eigenvalue weighted by Gasteiger charge is 2.17. The summed E-state index contributed by atoms with van der Waals surface area (Å²) >= 11 is 0. The van der Waals surface area contributed by atoms with Gasteiger partial charge in [0, 0.05) is 5.69 Å². The van der Waals surface area contributed by atoms with E-state index in [0.717, 1.165) is 16.9 Å². The Kier molecular flexibility index (Phi) is 5.00. The van der Waals surface area contributed by atoms with Gasteiger partial charge in [0.2, 0.25) is 0 Å². The molecule has 0 bridgehead atoms. The number of para-hydroxylation sites is 1. The Morgan fingerprint density at radius 1 is 0.880 bits per heavy atom. The summed E-state index contributed by atoms with van der Waals surface area (Å²) in [5.41, 5.74) is 2.90. The number of nitrogens with one attached hydrogen (secondary N) is 1. The van der Waals surface area contributed by atoms with Crippen molar-refractivity contribution in [1.82, 2.24) is 0 Å². The first-order valence-electron chi connectivity index (χ1n) is 7.97. The molecule has 2 N–H and O–H groups in total. The van der Waals surface area contributed by atoms with Crippen molar-refractivity contribution >= 4 is 11.7 Å². The zero-order valence-electron chi connectivity index (χ0n) is 13.8. The minimum Gasteiger partial charge on any atom is -0.497 e. The maximum atomic E-state index is 11.5. The molecule has 0 fully saturated rings. The highest BCUT2D eigenvalue weighted by Crippen LogP contribution is 2.29. The molecule has 1 atom stereocenters. The lowest BCUT2D eigenvalue weighted by atomic mass is 9.97. The van der Waals surface area contributed by atoms with Crippen molar-refractivity contribution in [3.8, 4) is 5.75 Å². The molecule has 25 heavy (non-hydrogen) atoms. The first-order chi connectivity index (χ1) is 12.2. The molecule has 0 saturated carbocycles. The van der Waals surface area contributed by atoms with Crippen LogP contribution in [0.3, 0.4) is 0 Å². The molecule has 0 aliphatic rings. The molecule has 0 heterocycles. The number of aromatic carboxylic acids is 1. The number of carboxylic acid groups (broad SMARTS) is 1. The molecule has 4 heteroatoms. The number of ether oxygens (including phenoxy) is 1. The van der Waals surface area contributed by atoms with Crippen molar-refractivity contribution in [2.24, 2.45) is 0 Å². The van der Waals surface area contributed by atoms with Crippen LogP contribution in [0.15, 0.2) is 78.9 Å². The highest BCUT2D eigenvalue weighted by molar-refractivity contribution is 5.94. The van der Waals surface area contributed by atoms with Gasteiger partial charge in [-0.05, 0) is 35.4 Å². The maximum absolute atomic E-state index is 11.5. The Balaban J connectivity index is 2.01. The Labute approximate surface area is 146 Å². The second-order valence-corrected chi connectivity index (χ2v) is 5.61. The van der Waals surface area contributed by atoms with E-state index in [-0.39, 0.29) is 11.6 Å². The minimum atomic E-state index is -0.954. The normalized spacial score (nSPS) is 11.6. The fraction of sp³-hybridized carbons (Fsp3) is 0.0952. The van der Waals surface area contributed by atoms with Gasteiger partial charge in [0.1, 0.15) is 5.75 Å². The van der Waals surface area contributed by atoms with Gasteiger partial charge in [-0.2, -0.15) is 0 Å². The topological polar surface area (TPSA) is 58.6 Å². The van der Waals surface area contributed by atoms with Crippen LogP contribution in [-0.4, -0.2) is 18.2 Å². The molecule has 0 radical (unpaired) electrons. The second-order valence-electron chi connectivity index (χ2n) is 5.61. The third-order valence-corrected chi connectivity index (χ3v) is 4.04. The largest absolute Gasteiger partial charge is 0.497 e. The number of methoxy groups -OCH3 is 1. The van der Waals surface area contributed by atoms with Crippen molar-refractivity contribution in [1.29, 1.82) is 0 Å². The molecule has 3 aromatic rings. The Morgan fingerprint density at radius 2 is 1.48 bits per heavy atom. The third kappa shape index (κ3) is 3.80. The summed E-state index contributed by atoms with van der Waals surface area (Å²) in [6.45, 7) is 0. The number of benzene rings is 3. The molecular weight excluding hydrogens is 314 g/mol. The number of rotatable bonds is 6. The summed E-state index contributed by atoms with van der Waals surface area (Å²) in [6, 6.07) is 24.4. The lowest BCUT2D eigenvalue weighted by Gasteiger charge is -2.22. The lowest BCUT2D eigenvalue weighted by Crippen LogP contribution is -2.14. The van der Waals surface area contributed by atoms with E-state index in [4.69, 9.17) is 4.74 Å². The van der Waals surface area contributed by atoms with Crippen molar-refractivity contribution in [2.45, 2.75) is 6.04 Å². The standard InChI is InChI=1S/C21H19NO3/c1-25-17-13-11-16(12-14-17)20(15-7-3-2-4-8-15)22-19-10-6-5-9-18(19)21(23)24/h2-14,20,22H,1H3,(H,23,24). The summed E-state index contributed by atoms with van der Waals surface area (Å²) in [6.07, 6.45) is 0. The van der Waals surface area contributed by atoms with Crippen molar-refractivity contribution in [3.05, 3.63) is 95.6 Å². The average Bonchev–Trinajstić information content (AvgIpc) is 2.67. The zero-order valence-corrected chi connectivity index (χ0v) is 13.8. The molecule has 3 aromatic carbocycles. The van der Waals surface area contributed by atoms with Gasteiger partial charge in [-0.3, -0.25) is 0 Å². The molecule has 0 aromatic heterocycles. The van der Waals surface area contributed by atoms with Crippen LogP contribution >= 0.6 is 0 Å². The molecule has 0 saturated heterocycles. The van der Waals surface area contributed by atoms with E-state index >= 15 is 0 Å². The lowest BCUT2D eigenvalue weighted by molar-refractivity contribution is 0.0698. The molecule has 4 nitrogen and oxygen atoms in total. The third-order valence-electron chi connectivity index (χ3n) is 4.04. The number of hydrogen-bond donors (Lipinski definition) is 2. The van der Waals surface area contributed by atoms with Crippen LogP contribution in [0.4, 0.5) is 5.69 Å². The summed E-state index contributed by atoms with van der Waals surface area (Å²) < 4.78 is 5.23. The van der Waals surface area contributed by atoms with Crippen molar-refractivity contribution in [3.63, 3.8) is 0 Å². The van der Waals surface area contributed by atoms with E-state index in [1.165, 1.54) is 0 Å². The fourth-order valence-electron chi connectivity index (χ4n) is 2.75. The maximum Gasteiger partial charge on any atom is 0.337 e. The summed E-state index contributed by atoms with van der Waals surface area (Å²) in [4.78, 5) is 11.5. The van der Waals surface area contributed by atoms with Crippen molar-refractivity contribution < 1.29 is 14.6 Å². The molecule has 1 unspecified atom stereocenters. The monoisotopic (exact) mass is 333 g/mol. The van der Waals surface area contributed by atoms with Crippen molar-refractivity contribution in [2.75, 3.05) is 12.4 Å². The molecule has 0 amide bonds. The highest BCUT2D eigenvalue weighted by atomic mass is 16.5. The summed E-state index contributed by atoms with van der Waals surface area (Å²) in [7, 11) is 1.63. The van der Waals surface area contributed by atoms with Crippen LogP contribution in [0.2, 0.25) is 0 Å². The molecule has 126 valence electrons. The first-order valence-corrected chi connectivity index (χ1v) is 7.97. The van der Waals surface area contributed by atoms with E-state index in [2.05, 4.69) is 5.32 Å². The number of hydrogen-bond acceptors (Lipinski definition) is 3. The summed E-state index contributed by atoms with van der Waals surface area (Å²) in [5.74, 6) is -0.175. The van der Waals surface area contributed by atoms with Gasteiger partial charge in [-0.1, -0.05) is 54.6 Å². The molecule has 3 rings (SSSR count). The Bertz CT molecular complexity index is 845. The quantitative estimate of drug-likeness (QED) is 0.692. The van der Waals surface area contributed by atoms with Crippen LogP contribution in [0.5, 0.6) is 5.75 Å². The van der Waals surface area contributed by atoms with E-state index in [0.29, 0.717) is 5.69 Å². The minimum absolute atomic E-state index is 0.174. The van der Waals surface area contributed by atoms with Gasteiger partial charge < -0.3 is 15.2 Å². The van der Waals surface area contributed by atoms with Crippen LogP contribution in [0, 0.1) is 0 Å². The zero-order chi connectivity index (χ0) is 17.6. The smallest absolute Gasteiger partial charge is 0.337 e. The second kappa shape index (κ2) is 7.53. The predicted molar refractivity (Wildman–Crippen MR) is 98.3 cm³/mol. The molecular formula is C21H19NO3. The Hall–Kier alpha value is -3.27. The van der Waals surface area contributed by atoms with Gasteiger partial charge >= 0.3 is 5.97 Å². The van der Waals surface area contributed by atoms with Gasteiger partial charge in [0.05, 0.1) is 18.7 Å². The van der Waals surface area contributed by atoms with Crippen LogP contribution in [0.25, 0.3) is 0 Å². The Morgan fingerprint density at radius 3 is 2.12 bits per heavy atom. The fourth-order valence-corrected chi connectivity index (χ4v) is 2.75. The van der Waals surface area contributed by atoms with Crippen LogP contribution < -0.4 is 10.1 Å². The predicted octanol–water partition coefficient (Wildman–Crippen LogP) is 4.59. The number of anilines is 1. The van der Waals surface area contributed by atoms with Gasteiger partial charge in [-0.25, -0.2) is 4.79 Å². The SMILES string of the molecule is COc1ccc(C(Nc2ccccc2C(=O)O)c2ccccc2)cc1. The van der Waals surface area contributed by atoms with E-state index in [1.54, 1.807) is 25.3 Å². The van der Waals surface area contributed by atoms with Gasteiger partial charge in [0.15, 0.2) is 0 Å². The summed E-state index contributed by atoms with van der Waals surface area (Å²) in [5, 5.41) is 12.8. The molecule has 0 aliphatic carbocycles. The van der Waals surface area contributed by atoms with Crippen LogP contribution in [-0.2, 0) is 0 Å². The van der Waals surface area contributed by atoms with E-state index in [9.17, 15) is 9.90 Å². The number of carboxylic acids is 1. The van der Waals surface area contributed by atoms with E-state index in [1.807, 2.05) is 60.7 Å². The molecule has 0 aliphatic heterocycles. The number of carbonyl (C=O) groups is 1. The van der Waals surface area contributed by atoms with Gasteiger partial charge in [0.25, 0.3) is 0 Å².